The van der Waals surface area contributed by atoms with Crippen molar-refractivity contribution in [1.29, 1.82) is 0 Å². The molecule has 2 amide bonds. The van der Waals surface area contributed by atoms with E-state index in [4.69, 9.17) is 9.47 Å². The summed E-state index contributed by atoms with van der Waals surface area (Å²) in [6, 6.07) is 13.1. The van der Waals surface area contributed by atoms with Gasteiger partial charge in [-0.05, 0) is 56.3 Å². The molecule has 0 saturated heterocycles. The van der Waals surface area contributed by atoms with E-state index in [0.717, 1.165) is 24.3 Å². The van der Waals surface area contributed by atoms with Crippen LogP contribution < -0.4 is 24.4 Å². The van der Waals surface area contributed by atoms with E-state index in [1.807, 2.05) is 0 Å². The lowest BCUT2D eigenvalue weighted by atomic mass is 10.1. The number of amides is 2. The summed E-state index contributed by atoms with van der Waals surface area (Å²) in [5, 5.41) is 5.20. The number of benzene rings is 3. The predicted molar refractivity (Wildman–Crippen MR) is 143 cm³/mol. The Morgan fingerprint density at radius 1 is 0.925 bits per heavy atom. The fraction of sp³-hybridized carbons (Fsp3) is 0.259. The highest BCUT2D eigenvalue weighted by Crippen LogP contribution is 2.35. The van der Waals surface area contributed by atoms with E-state index in [-0.39, 0.29) is 33.7 Å². The highest BCUT2D eigenvalue weighted by atomic mass is 32.2. The van der Waals surface area contributed by atoms with Gasteiger partial charge in [0.2, 0.25) is 5.91 Å². The number of alkyl halides is 3. The summed E-state index contributed by atoms with van der Waals surface area (Å²) in [5.74, 6) is -1.09. The van der Waals surface area contributed by atoms with E-state index in [0.29, 0.717) is 10.4 Å². The number of ether oxygens (including phenoxy) is 2. The molecule has 0 bridgehead atoms. The molecule has 0 saturated carbocycles. The molecule has 0 heterocycles. The Labute approximate surface area is 229 Å². The lowest BCUT2D eigenvalue weighted by molar-refractivity contribution is -0.137. The highest BCUT2D eigenvalue weighted by molar-refractivity contribution is 7.92. The average molecular weight is 580 g/mol. The third kappa shape index (κ3) is 7.03. The van der Waals surface area contributed by atoms with Crippen molar-refractivity contribution in [1.82, 2.24) is 5.32 Å². The van der Waals surface area contributed by atoms with Crippen LogP contribution in [0.5, 0.6) is 11.5 Å². The molecule has 2 N–H and O–H groups in total. The van der Waals surface area contributed by atoms with Gasteiger partial charge in [0.05, 0.1) is 41.6 Å². The molecule has 3 rings (SSSR count). The van der Waals surface area contributed by atoms with Crippen LogP contribution in [0.2, 0.25) is 0 Å². The SMILES string of the molecule is COc1ccc(S(=O)(=O)N(CC(=O)Nc2ccccc2C(=O)NC(C)C)c2cccc(C(F)(F)F)c2)cc1OC. The molecule has 0 spiro atoms. The third-order valence-corrected chi connectivity index (χ3v) is 7.33. The first-order valence-electron chi connectivity index (χ1n) is 11.9. The number of halogens is 3. The second kappa shape index (κ2) is 12.3. The van der Waals surface area contributed by atoms with Gasteiger partial charge in [-0.2, -0.15) is 13.2 Å². The van der Waals surface area contributed by atoms with Gasteiger partial charge in [-0.15, -0.1) is 0 Å². The first kappa shape index (κ1) is 30.3. The summed E-state index contributed by atoms with van der Waals surface area (Å²) in [7, 11) is -1.97. The van der Waals surface area contributed by atoms with Crippen molar-refractivity contribution in [2.45, 2.75) is 31.0 Å². The van der Waals surface area contributed by atoms with Gasteiger partial charge in [-0.3, -0.25) is 13.9 Å². The Morgan fingerprint density at radius 3 is 2.23 bits per heavy atom. The van der Waals surface area contributed by atoms with Gasteiger partial charge in [-0.25, -0.2) is 8.42 Å². The largest absolute Gasteiger partial charge is 0.493 e. The monoisotopic (exact) mass is 579 g/mol. The van der Waals surface area contributed by atoms with Crippen LogP contribution in [-0.4, -0.2) is 47.0 Å². The number of para-hydroxylation sites is 1. The van der Waals surface area contributed by atoms with Crippen molar-refractivity contribution >= 4 is 33.2 Å². The number of rotatable bonds is 10. The molecule has 0 aliphatic heterocycles. The highest BCUT2D eigenvalue weighted by Gasteiger charge is 2.34. The molecule has 0 aliphatic carbocycles. The number of nitrogens with zero attached hydrogens (tertiary/aromatic N) is 1. The molecule has 0 radical (unpaired) electrons. The van der Waals surface area contributed by atoms with Crippen molar-refractivity contribution in [2.24, 2.45) is 0 Å². The number of hydrogen-bond acceptors (Lipinski definition) is 6. The first-order chi connectivity index (χ1) is 18.8. The van der Waals surface area contributed by atoms with Crippen molar-refractivity contribution in [2.75, 3.05) is 30.4 Å². The second-order valence-electron chi connectivity index (χ2n) is 8.80. The van der Waals surface area contributed by atoms with E-state index < -0.39 is 45.8 Å². The van der Waals surface area contributed by atoms with Crippen LogP contribution in [0.3, 0.4) is 0 Å². The number of nitrogens with one attached hydrogen (secondary N) is 2. The fourth-order valence-corrected chi connectivity index (χ4v) is 5.14. The molecular weight excluding hydrogens is 551 g/mol. The summed E-state index contributed by atoms with van der Waals surface area (Å²) in [5.41, 5.74) is -1.28. The fourth-order valence-electron chi connectivity index (χ4n) is 3.71. The van der Waals surface area contributed by atoms with Crippen LogP contribution in [-0.2, 0) is 21.0 Å². The number of sulfonamides is 1. The topological polar surface area (TPSA) is 114 Å². The Balaban J connectivity index is 2.05. The number of anilines is 2. The zero-order chi connectivity index (χ0) is 29.7. The van der Waals surface area contributed by atoms with Gasteiger partial charge in [0.15, 0.2) is 11.5 Å². The summed E-state index contributed by atoms with van der Waals surface area (Å²) < 4.78 is 78.8. The second-order valence-corrected chi connectivity index (χ2v) is 10.7. The van der Waals surface area contributed by atoms with Crippen molar-refractivity contribution < 1.29 is 40.7 Å². The third-order valence-electron chi connectivity index (χ3n) is 5.56. The van der Waals surface area contributed by atoms with E-state index in [9.17, 15) is 31.2 Å². The lowest BCUT2D eigenvalue weighted by Gasteiger charge is -2.25. The smallest absolute Gasteiger partial charge is 0.416 e. The maximum absolute atomic E-state index is 13.8. The minimum atomic E-state index is -4.76. The number of methoxy groups -OCH3 is 2. The Hall–Kier alpha value is -4.26. The van der Waals surface area contributed by atoms with Crippen LogP contribution >= 0.6 is 0 Å². The molecule has 3 aromatic carbocycles. The van der Waals surface area contributed by atoms with Crippen LogP contribution in [0.4, 0.5) is 24.5 Å². The molecule has 0 unspecified atom stereocenters. The summed E-state index contributed by atoms with van der Waals surface area (Å²) >= 11 is 0. The molecule has 0 aromatic heterocycles. The number of carbonyl (C=O) groups excluding carboxylic acids is 2. The van der Waals surface area contributed by atoms with Crippen molar-refractivity contribution in [3.05, 3.63) is 77.9 Å². The molecule has 40 heavy (non-hydrogen) atoms. The Bertz CT molecular complexity index is 1490. The summed E-state index contributed by atoms with van der Waals surface area (Å²) in [4.78, 5) is 25.4. The zero-order valence-corrected chi connectivity index (χ0v) is 22.9. The van der Waals surface area contributed by atoms with Crippen LogP contribution in [0.25, 0.3) is 0 Å². The maximum atomic E-state index is 13.8. The Morgan fingerprint density at radius 2 is 1.60 bits per heavy atom. The molecule has 9 nitrogen and oxygen atoms in total. The van der Waals surface area contributed by atoms with Gasteiger partial charge in [0.25, 0.3) is 15.9 Å². The van der Waals surface area contributed by atoms with Crippen LogP contribution in [0, 0.1) is 0 Å². The van der Waals surface area contributed by atoms with Gasteiger partial charge >= 0.3 is 6.18 Å². The van der Waals surface area contributed by atoms with E-state index >= 15 is 0 Å². The predicted octanol–water partition coefficient (Wildman–Crippen LogP) is 4.69. The lowest BCUT2D eigenvalue weighted by Crippen LogP contribution is -2.38. The van der Waals surface area contributed by atoms with Gasteiger partial charge in [0.1, 0.15) is 6.54 Å². The molecule has 13 heteroatoms. The quantitative estimate of drug-likeness (QED) is 0.360. The molecule has 0 fully saturated rings. The van der Waals surface area contributed by atoms with Gasteiger partial charge in [-0.1, -0.05) is 18.2 Å². The molecule has 214 valence electrons. The minimum absolute atomic E-state index is 0.0575. The maximum Gasteiger partial charge on any atom is 0.416 e. The number of hydrogen-bond donors (Lipinski definition) is 2. The zero-order valence-electron chi connectivity index (χ0n) is 22.1. The Kier molecular flexibility index (Phi) is 9.30. The van der Waals surface area contributed by atoms with Crippen LogP contribution in [0.15, 0.2) is 71.6 Å². The standard InChI is InChI=1S/C27H28F3N3O6S/c1-17(2)31-26(35)21-10-5-6-11-22(21)32-25(34)16-33(19-9-7-8-18(14-19)27(28,29)30)40(36,37)20-12-13-23(38-3)24(15-20)39-4/h5-15,17H,16H2,1-4H3,(H,31,35)(H,32,34). The van der Waals surface area contributed by atoms with Gasteiger partial charge in [0, 0.05) is 12.1 Å². The van der Waals surface area contributed by atoms with E-state index in [2.05, 4.69) is 10.6 Å². The normalized spacial score (nSPS) is 11.6. The minimum Gasteiger partial charge on any atom is -0.493 e. The van der Waals surface area contributed by atoms with Crippen LogP contribution in [0.1, 0.15) is 29.8 Å². The summed E-state index contributed by atoms with van der Waals surface area (Å²) in [6.07, 6.45) is -4.76. The average Bonchev–Trinajstić information content (AvgIpc) is 2.90. The number of carbonyl (C=O) groups is 2. The molecule has 0 atom stereocenters. The van der Waals surface area contributed by atoms with E-state index in [1.165, 1.54) is 38.5 Å². The van der Waals surface area contributed by atoms with Crippen molar-refractivity contribution in [3.63, 3.8) is 0 Å². The molecule has 3 aromatic rings. The first-order valence-corrected chi connectivity index (χ1v) is 13.3. The van der Waals surface area contributed by atoms with Gasteiger partial charge < -0.3 is 20.1 Å². The van der Waals surface area contributed by atoms with E-state index in [1.54, 1.807) is 26.0 Å². The van der Waals surface area contributed by atoms with Crippen molar-refractivity contribution in [3.8, 4) is 11.5 Å². The molecular formula is C27H28F3N3O6S. The molecule has 0 aliphatic rings. The summed E-state index contributed by atoms with van der Waals surface area (Å²) in [6.45, 7) is 2.61.